The number of aromatic nitrogens is 2. The Morgan fingerprint density at radius 3 is 2.61 bits per heavy atom. The van der Waals surface area contributed by atoms with Crippen molar-refractivity contribution in [3.8, 4) is 11.4 Å². The number of nitrogens with one attached hydrogen (secondary N) is 4. The highest BCUT2D eigenvalue weighted by atomic mass is 35.5. The van der Waals surface area contributed by atoms with E-state index >= 15 is 0 Å². The van der Waals surface area contributed by atoms with Crippen molar-refractivity contribution in [1.82, 2.24) is 20.6 Å². The van der Waals surface area contributed by atoms with Gasteiger partial charge in [-0.2, -0.15) is 0 Å². The third kappa shape index (κ3) is 4.45. The molecule has 0 saturated heterocycles. The Balaban J connectivity index is 1.59. The van der Waals surface area contributed by atoms with E-state index in [2.05, 4.69) is 33.1 Å². The minimum atomic E-state index is -0.659. The summed E-state index contributed by atoms with van der Waals surface area (Å²) < 4.78 is 0. The van der Waals surface area contributed by atoms with E-state index in [1.165, 1.54) is 11.1 Å². The molecule has 0 unspecified atom stereocenters. The van der Waals surface area contributed by atoms with Crippen LogP contribution in [-0.4, -0.2) is 21.9 Å². The van der Waals surface area contributed by atoms with Gasteiger partial charge >= 0.3 is 0 Å². The van der Waals surface area contributed by atoms with Gasteiger partial charge in [0.25, 0.3) is 0 Å². The van der Waals surface area contributed by atoms with Gasteiger partial charge in [0.05, 0.1) is 11.0 Å². The molecule has 0 spiro atoms. The molecule has 1 aliphatic heterocycles. The van der Waals surface area contributed by atoms with E-state index in [9.17, 15) is 4.79 Å². The van der Waals surface area contributed by atoms with E-state index < -0.39 is 6.04 Å². The van der Waals surface area contributed by atoms with E-state index in [1.54, 1.807) is 0 Å². The van der Waals surface area contributed by atoms with Gasteiger partial charge < -0.3 is 20.9 Å². The Morgan fingerprint density at radius 2 is 1.82 bits per heavy atom. The number of hydrogen-bond donors (Lipinski definition) is 4. The van der Waals surface area contributed by atoms with Crippen molar-refractivity contribution >= 4 is 34.2 Å². The van der Waals surface area contributed by atoms with Crippen molar-refractivity contribution in [2.75, 3.05) is 5.32 Å². The smallest absolute Gasteiger partial charge is 0.247 e. The highest BCUT2D eigenvalue weighted by Crippen LogP contribution is 2.32. The molecule has 1 aliphatic rings. The van der Waals surface area contributed by atoms with Crippen molar-refractivity contribution in [3.05, 3.63) is 82.4 Å². The number of H-pyrrole nitrogens is 1. The number of anilines is 1. The summed E-state index contributed by atoms with van der Waals surface area (Å²) in [6, 6.07) is 19.1. The number of rotatable bonds is 6. The minimum absolute atomic E-state index is 0.000223. The molecule has 1 aromatic heterocycles. The van der Waals surface area contributed by atoms with Crippen LogP contribution in [0.25, 0.3) is 22.4 Å². The average Bonchev–Trinajstić information content (AvgIpc) is 3.43. The SMILES string of the molecule is CC(C)NC(=O)[C@H](Nc1ccc2c(c1)CNC2)c1cc(Cl)cc2[nH]c(-c3ccccc3)nc12. The number of hydrogen-bond acceptors (Lipinski definition) is 4. The third-order valence-electron chi connectivity index (χ3n) is 5.78. The van der Waals surface area contributed by atoms with Gasteiger partial charge in [0.15, 0.2) is 0 Å². The van der Waals surface area contributed by atoms with Gasteiger partial charge in [-0.05, 0) is 49.2 Å². The van der Waals surface area contributed by atoms with Crippen molar-refractivity contribution in [2.24, 2.45) is 0 Å². The number of aromatic amines is 1. The number of benzene rings is 3. The second-order valence-corrected chi connectivity index (χ2v) is 9.11. The van der Waals surface area contributed by atoms with Crippen LogP contribution in [0.3, 0.4) is 0 Å². The lowest BCUT2D eigenvalue weighted by Gasteiger charge is -2.22. The molecule has 0 aliphatic carbocycles. The van der Waals surface area contributed by atoms with Gasteiger partial charge in [-0.1, -0.05) is 48.0 Å². The highest BCUT2D eigenvalue weighted by Gasteiger charge is 2.26. The molecule has 0 fully saturated rings. The molecule has 5 rings (SSSR count). The van der Waals surface area contributed by atoms with E-state index in [1.807, 2.05) is 62.4 Å². The largest absolute Gasteiger partial charge is 0.370 e. The van der Waals surface area contributed by atoms with Gasteiger partial charge in [0.2, 0.25) is 5.91 Å². The Hall–Kier alpha value is -3.35. The van der Waals surface area contributed by atoms with Crippen LogP contribution >= 0.6 is 11.6 Å². The minimum Gasteiger partial charge on any atom is -0.370 e. The molecule has 2 heterocycles. The van der Waals surface area contributed by atoms with E-state index in [0.29, 0.717) is 5.02 Å². The molecule has 4 N–H and O–H groups in total. The first-order valence-corrected chi connectivity index (χ1v) is 11.5. The van der Waals surface area contributed by atoms with Crippen LogP contribution in [0, 0.1) is 0 Å². The molecule has 3 aromatic carbocycles. The number of carbonyl (C=O) groups is 1. The number of imidazole rings is 1. The lowest BCUT2D eigenvalue weighted by molar-refractivity contribution is -0.122. The second kappa shape index (κ2) is 8.89. The lowest BCUT2D eigenvalue weighted by atomic mass is 10.0. The van der Waals surface area contributed by atoms with Crippen LogP contribution in [0.2, 0.25) is 5.02 Å². The van der Waals surface area contributed by atoms with Crippen LogP contribution in [-0.2, 0) is 17.9 Å². The van der Waals surface area contributed by atoms with E-state index in [0.717, 1.165) is 46.8 Å². The van der Waals surface area contributed by atoms with Gasteiger partial charge in [-0.3, -0.25) is 4.79 Å². The summed E-state index contributed by atoms with van der Waals surface area (Å²) in [5, 5.41) is 10.4. The predicted octanol–water partition coefficient (Wildman–Crippen LogP) is 5.16. The summed E-state index contributed by atoms with van der Waals surface area (Å²) >= 11 is 6.50. The zero-order valence-electron chi connectivity index (χ0n) is 18.6. The number of amides is 1. The molecule has 168 valence electrons. The van der Waals surface area contributed by atoms with Gasteiger partial charge in [-0.25, -0.2) is 4.98 Å². The monoisotopic (exact) mass is 459 g/mol. The van der Waals surface area contributed by atoms with Crippen molar-refractivity contribution in [2.45, 2.75) is 39.0 Å². The molecule has 1 amide bonds. The summed E-state index contributed by atoms with van der Waals surface area (Å²) in [7, 11) is 0. The van der Waals surface area contributed by atoms with E-state index in [4.69, 9.17) is 16.6 Å². The third-order valence-corrected chi connectivity index (χ3v) is 6.00. The predicted molar refractivity (Wildman–Crippen MR) is 133 cm³/mol. The molecule has 7 heteroatoms. The summed E-state index contributed by atoms with van der Waals surface area (Å²) in [6.07, 6.45) is 0. The molecular weight excluding hydrogens is 434 g/mol. The first kappa shape index (κ1) is 21.5. The molecule has 4 aromatic rings. The van der Waals surface area contributed by atoms with Gasteiger partial charge in [0, 0.05) is 41.0 Å². The molecule has 1 atom stereocenters. The first-order valence-electron chi connectivity index (χ1n) is 11.1. The fourth-order valence-corrected chi connectivity index (χ4v) is 4.49. The maximum absolute atomic E-state index is 13.4. The summed E-state index contributed by atoms with van der Waals surface area (Å²) in [4.78, 5) is 21.6. The maximum atomic E-state index is 13.4. The Labute approximate surface area is 197 Å². The first-order chi connectivity index (χ1) is 16.0. The fraction of sp³-hybridized carbons (Fsp3) is 0.231. The Bertz CT molecular complexity index is 1320. The van der Waals surface area contributed by atoms with Crippen molar-refractivity contribution in [3.63, 3.8) is 0 Å². The van der Waals surface area contributed by atoms with Crippen molar-refractivity contribution < 1.29 is 4.79 Å². The molecule has 0 bridgehead atoms. The number of nitrogens with zero attached hydrogens (tertiary/aromatic N) is 1. The Morgan fingerprint density at radius 1 is 1.03 bits per heavy atom. The zero-order chi connectivity index (χ0) is 22.9. The topological polar surface area (TPSA) is 81.8 Å². The molecule has 0 saturated carbocycles. The van der Waals surface area contributed by atoms with Crippen LogP contribution in [0.15, 0.2) is 60.7 Å². The lowest BCUT2D eigenvalue weighted by Crippen LogP contribution is -2.37. The second-order valence-electron chi connectivity index (χ2n) is 8.67. The van der Waals surface area contributed by atoms with Gasteiger partial charge in [-0.15, -0.1) is 0 Å². The molecule has 6 nitrogen and oxygen atoms in total. The molecule has 33 heavy (non-hydrogen) atoms. The van der Waals surface area contributed by atoms with Crippen LogP contribution in [0.4, 0.5) is 5.69 Å². The fourth-order valence-electron chi connectivity index (χ4n) is 4.26. The number of carbonyl (C=O) groups excluding carboxylic acids is 1. The standard InChI is InChI=1S/C26H26ClN5O/c1-15(2)29-26(33)24(30-20-9-8-17-13-28-14-18(17)10-20)21-11-19(27)12-22-23(21)32-25(31-22)16-6-4-3-5-7-16/h3-12,15,24,28,30H,13-14H2,1-2H3,(H,29,33)(H,31,32)/t24-/m1/s1. The summed E-state index contributed by atoms with van der Waals surface area (Å²) in [5.41, 5.74) is 6.62. The molecular formula is C26H26ClN5O. The summed E-state index contributed by atoms with van der Waals surface area (Å²) in [6.45, 7) is 5.60. The van der Waals surface area contributed by atoms with Crippen LogP contribution < -0.4 is 16.0 Å². The van der Waals surface area contributed by atoms with E-state index in [-0.39, 0.29) is 11.9 Å². The molecule has 0 radical (unpaired) electrons. The Kier molecular flexibility index (Phi) is 5.79. The van der Waals surface area contributed by atoms with Gasteiger partial charge in [0.1, 0.15) is 11.9 Å². The normalized spacial score (nSPS) is 13.8. The highest BCUT2D eigenvalue weighted by molar-refractivity contribution is 6.31. The van der Waals surface area contributed by atoms with Crippen LogP contribution in [0.5, 0.6) is 0 Å². The number of fused-ring (bicyclic) bond motifs is 2. The quantitative estimate of drug-likeness (QED) is 0.321. The average molecular weight is 460 g/mol. The number of halogens is 1. The van der Waals surface area contributed by atoms with Crippen LogP contribution in [0.1, 0.15) is 36.6 Å². The van der Waals surface area contributed by atoms with Crippen molar-refractivity contribution in [1.29, 1.82) is 0 Å². The zero-order valence-corrected chi connectivity index (χ0v) is 19.3. The maximum Gasteiger partial charge on any atom is 0.247 e. The summed E-state index contributed by atoms with van der Waals surface area (Å²) in [5.74, 6) is 0.609.